The monoisotopic (exact) mass is 444 g/mol. The van der Waals surface area contributed by atoms with E-state index in [0.717, 1.165) is 53.8 Å². The number of thiazole rings is 1. The maximum absolute atomic E-state index is 8.88. The molecular weight excluding hydrogens is 420 g/mol. The summed E-state index contributed by atoms with van der Waals surface area (Å²) in [5.74, 6) is 1.31. The molecule has 3 aromatic heterocycles. The first kappa shape index (κ1) is 20.5. The number of aromatic amines is 1. The fourth-order valence-corrected chi connectivity index (χ4v) is 5.07. The molecule has 0 spiro atoms. The molecule has 0 bridgehead atoms. The summed E-state index contributed by atoms with van der Waals surface area (Å²) < 4.78 is 5.34. The van der Waals surface area contributed by atoms with Crippen LogP contribution in [0, 0.1) is 11.3 Å². The van der Waals surface area contributed by atoms with Crippen molar-refractivity contribution >= 4 is 33.1 Å². The van der Waals surface area contributed by atoms with E-state index < -0.39 is 0 Å². The zero-order valence-corrected chi connectivity index (χ0v) is 18.7. The highest BCUT2D eigenvalue weighted by Crippen LogP contribution is 2.31. The second-order valence-corrected chi connectivity index (χ2v) is 8.93. The van der Waals surface area contributed by atoms with Crippen LogP contribution in [-0.4, -0.2) is 40.1 Å². The lowest BCUT2D eigenvalue weighted by molar-refractivity contribution is 0.197. The summed E-state index contributed by atoms with van der Waals surface area (Å²) in [6.45, 7) is 3.00. The van der Waals surface area contributed by atoms with Crippen molar-refractivity contribution in [1.29, 1.82) is 5.26 Å². The molecule has 1 aromatic carbocycles. The van der Waals surface area contributed by atoms with Crippen molar-refractivity contribution in [1.82, 2.24) is 19.9 Å². The van der Waals surface area contributed by atoms with Gasteiger partial charge in [-0.2, -0.15) is 5.26 Å². The Hall–Kier alpha value is -3.41. The zero-order chi connectivity index (χ0) is 21.9. The van der Waals surface area contributed by atoms with Crippen LogP contribution in [0.25, 0.3) is 10.9 Å². The van der Waals surface area contributed by atoms with Gasteiger partial charge in [-0.05, 0) is 55.8 Å². The minimum atomic E-state index is 0.409. The molecule has 0 amide bonds. The minimum absolute atomic E-state index is 0.409. The first-order valence-corrected chi connectivity index (χ1v) is 11.5. The standard InChI is InChI=1S/C24H24N6OS/c1-31-21-6-7-22-17(10-21)9-20(27-22)14-30-8-2-3-16(13-30)23-15-32-24(29-23)28-19-5-4-18(11-25)26-12-19/h4-7,9-10,12,15-16,27H,2-3,8,13-14H2,1H3,(H,28,29)/t16-/m0/s1. The van der Waals surface area contributed by atoms with Gasteiger partial charge in [-0.1, -0.05) is 0 Å². The van der Waals surface area contributed by atoms with Crippen LogP contribution in [0.2, 0.25) is 0 Å². The smallest absolute Gasteiger partial charge is 0.187 e. The fourth-order valence-electron chi connectivity index (χ4n) is 4.25. The van der Waals surface area contributed by atoms with Gasteiger partial charge < -0.3 is 15.0 Å². The van der Waals surface area contributed by atoms with Gasteiger partial charge >= 0.3 is 0 Å². The number of rotatable bonds is 6. The number of ether oxygens (including phenoxy) is 1. The van der Waals surface area contributed by atoms with Gasteiger partial charge in [0.15, 0.2) is 5.13 Å². The molecule has 1 aliphatic rings. The predicted octanol–water partition coefficient (Wildman–Crippen LogP) is 5.02. The Bertz CT molecular complexity index is 1260. The van der Waals surface area contributed by atoms with E-state index in [9.17, 15) is 0 Å². The first-order valence-electron chi connectivity index (χ1n) is 10.7. The maximum atomic E-state index is 8.88. The molecule has 162 valence electrons. The lowest BCUT2D eigenvalue weighted by Gasteiger charge is -2.31. The molecule has 0 saturated carbocycles. The van der Waals surface area contributed by atoms with Gasteiger partial charge in [0.25, 0.3) is 0 Å². The Balaban J connectivity index is 1.23. The Morgan fingerprint density at radius 2 is 2.25 bits per heavy atom. The Morgan fingerprint density at radius 3 is 3.06 bits per heavy atom. The van der Waals surface area contributed by atoms with Gasteiger partial charge in [-0.3, -0.25) is 4.90 Å². The second kappa shape index (κ2) is 8.99. The van der Waals surface area contributed by atoms with E-state index >= 15 is 0 Å². The van der Waals surface area contributed by atoms with Gasteiger partial charge in [0.05, 0.1) is 24.7 Å². The summed E-state index contributed by atoms with van der Waals surface area (Å²) >= 11 is 1.61. The summed E-state index contributed by atoms with van der Waals surface area (Å²) in [5, 5.41) is 16.4. The van der Waals surface area contributed by atoms with Crippen LogP contribution in [0.5, 0.6) is 5.75 Å². The van der Waals surface area contributed by atoms with Gasteiger partial charge in [-0.15, -0.1) is 11.3 Å². The van der Waals surface area contributed by atoms with Crippen molar-refractivity contribution in [3.8, 4) is 11.8 Å². The van der Waals surface area contributed by atoms with Gasteiger partial charge in [0, 0.05) is 41.0 Å². The molecule has 4 heterocycles. The fraction of sp³-hybridized carbons (Fsp3) is 0.292. The van der Waals surface area contributed by atoms with Crippen LogP contribution in [0.4, 0.5) is 10.8 Å². The number of aromatic nitrogens is 3. The van der Waals surface area contributed by atoms with Gasteiger partial charge in [0.1, 0.15) is 17.5 Å². The molecule has 0 aliphatic carbocycles. The lowest BCUT2D eigenvalue weighted by atomic mass is 9.95. The molecule has 1 atom stereocenters. The number of hydrogen-bond acceptors (Lipinski definition) is 7. The molecule has 0 unspecified atom stereocenters. The number of hydrogen-bond donors (Lipinski definition) is 2. The first-order chi connectivity index (χ1) is 15.7. The van der Waals surface area contributed by atoms with Crippen LogP contribution >= 0.6 is 11.3 Å². The molecule has 7 nitrogen and oxygen atoms in total. The molecular formula is C24H24N6OS. The average molecular weight is 445 g/mol. The summed E-state index contributed by atoms with van der Waals surface area (Å²) in [5.41, 5.74) is 4.76. The van der Waals surface area contributed by atoms with E-state index in [1.54, 1.807) is 30.7 Å². The minimum Gasteiger partial charge on any atom is -0.497 e. The topological polar surface area (TPSA) is 89.9 Å². The molecule has 5 rings (SSSR count). The number of nitrogens with zero attached hydrogens (tertiary/aromatic N) is 4. The van der Waals surface area contributed by atoms with E-state index in [-0.39, 0.29) is 0 Å². The average Bonchev–Trinajstić information content (AvgIpc) is 3.45. The second-order valence-electron chi connectivity index (χ2n) is 8.07. The van der Waals surface area contributed by atoms with Crippen molar-refractivity contribution in [2.24, 2.45) is 0 Å². The van der Waals surface area contributed by atoms with Crippen LogP contribution in [0.1, 0.15) is 35.8 Å². The number of piperidine rings is 1. The number of nitrogens with one attached hydrogen (secondary N) is 2. The highest BCUT2D eigenvalue weighted by Gasteiger charge is 2.24. The summed E-state index contributed by atoms with van der Waals surface area (Å²) in [7, 11) is 1.70. The molecule has 1 saturated heterocycles. The number of methoxy groups -OCH3 is 1. The van der Waals surface area contributed by atoms with E-state index in [0.29, 0.717) is 11.6 Å². The number of nitriles is 1. The third-order valence-corrected chi connectivity index (χ3v) is 6.63. The summed E-state index contributed by atoms with van der Waals surface area (Å²) in [6.07, 6.45) is 3.98. The van der Waals surface area contributed by atoms with E-state index in [2.05, 4.69) is 43.8 Å². The van der Waals surface area contributed by atoms with E-state index in [1.807, 2.05) is 18.2 Å². The van der Waals surface area contributed by atoms with Gasteiger partial charge in [0.2, 0.25) is 0 Å². The third kappa shape index (κ3) is 4.44. The number of H-pyrrole nitrogens is 1. The molecule has 4 aromatic rings. The largest absolute Gasteiger partial charge is 0.497 e. The Labute approximate surface area is 190 Å². The molecule has 1 fully saturated rings. The molecule has 8 heteroatoms. The van der Waals surface area contributed by atoms with Crippen molar-refractivity contribution in [3.63, 3.8) is 0 Å². The lowest BCUT2D eigenvalue weighted by Crippen LogP contribution is -2.34. The number of fused-ring (bicyclic) bond motifs is 1. The molecule has 0 radical (unpaired) electrons. The zero-order valence-electron chi connectivity index (χ0n) is 17.8. The number of pyridine rings is 1. The van der Waals surface area contributed by atoms with Crippen molar-refractivity contribution in [3.05, 3.63) is 65.1 Å². The Morgan fingerprint density at radius 1 is 1.31 bits per heavy atom. The number of anilines is 2. The van der Waals surface area contributed by atoms with Crippen molar-refractivity contribution < 1.29 is 4.74 Å². The van der Waals surface area contributed by atoms with Crippen LogP contribution in [0.3, 0.4) is 0 Å². The highest BCUT2D eigenvalue weighted by atomic mass is 32.1. The SMILES string of the molecule is COc1ccc2[nH]c(CN3CCC[C@H](c4csc(Nc5ccc(C#N)nc5)n4)C3)cc2c1. The Kier molecular flexibility index (Phi) is 5.75. The quantitative estimate of drug-likeness (QED) is 0.434. The summed E-state index contributed by atoms with van der Waals surface area (Å²) in [6, 6.07) is 13.9. The summed E-state index contributed by atoms with van der Waals surface area (Å²) in [4.78, 5) is 15.0. The van der Waals surface area contributed by atoms with Crippen LogP contribution in [-0.2, 0) is 6.54 Å². The normalized spacial score (nSPS) is 16.7. The third-order valence-electron chi connectivity index (χ3n) is 5.85. The molecule has 2 N–H and O–H groups in total. The molecule has 1 aliphatic heterocycles. The van der Waals surface area contributed by atoms with E-state index in [1.165, 1.54) is 17.5 Å². The number of benzene rings is 1. The van der Waals surface area contributed by atoms with E-state index in [4.69, 9.17) is 15.0 Å². The molecule has 32 heavy (non-hydrogen) atoms. The highest BCUT2D eigenvalue weighted by molar-refractivity contribution is 7.13. The van der Waals surface area contributed by atoms with Crippen LogP contribution < -0.4 is 10.1 Å². The van der Waals surface area contributed by atoms with Crippen molar-refractivity contribution in [2.45, 2.75) is 25.3 Å². The van der Waals surface area contributed by atoms with Gasteiger partial charge in [-0.25, -0.2) is 9.97 Å². The number of likely N-dealkylation sites (tertiary alicyclic amines) is 1. The predicted molar refractivity (Wildman–Crippen MR) is 126 cm³/mol. The van der Waals surface area contributed by atoms with Crippen molar-refractivity contribution in [2.75, 3.05) is 25.5 Å². The maximum Gasteiger partial charge on any atom is 0.187 e. The van der Waals surface area contributed by atoms with Crippen LogP contribution in [0.15, 0.2) is 48.0 Å².